The van der Waals surface area contributed by atoms with Crippen molar-refractivity contribution in [1.82, 2.24) is 20.9 Å². The number of rotatable bonds is 13. The zero-order valence-corrected chi connectivity index (χ0v) is 19.7. The van der Waals surface area contributed by atoms with E-state index in [4.69, 9.17) is 11.5 Å². The van der Waals surface area contributed by atoms with Crippen LogP contribution in [0.4, 0.5) is 0 Å². The van der Waals surface area contributed by atoms with Crippen molar-refractivity contribution in [3.05, 3.63) is 36.0 Å². The Balaban J connectivity index is 2.17. The molecule has 1 aromatic heterocycles. The van der Waals surface area contributed by atoms with Crippen molar-refractivity contribution in [2.24, 2.45) is 17.4 Å². The lowest BCUT2D eigenvalue weighted by atomic mass is 9.98. The zero-order chi connectivity index (χ0) is 26.1. The molecule has 1 heterocycles. The molecule has 1 aromatic carbocycles. The zero-order valence-electron chi connectivity index (χ0n) is 19.7. The van der Waals surface area contributed by atoms with E-state index >= 15 is 0 Å². The summed E-state index contributed by atoms with van der Waals surface area (Å²) in [6, 6.07) is 3.94. The summed E-state index contributed by atoms with van der Waals surface area (Å²) in [5, 5.41) is 17.8. The normalized spacial score (nSPS) is 14.4. The van der Waals surface area contributed by atoms with Gasteiger partial charge in [0.1, 0.15) is 12.1 Å². The lowest BCUT2D eigenvalue weighted by molar-refractivity contribution is -0.143. The molecule has 12 heteroatoms. The quantitative estimate of drug-likeness (QED) is 0.189. The summed E-state index contributed by atoms with van der Waals surface area (Å²) in [4.78, 5) is 63.3. The molecule has 190 valence electrons. The number of nitrogens with one attached hydrogen (secondary N) is 4. The summed E-state index contributed by atoms with van der Waals surface area (Å²) < 4.78 is 0. The van der Waals surface area contributed by atoms with Crippen LogP contribution < -0.4 is 27.4 Å². The van der Waals surface area contributed by atoms with Gasteiger partial charge in [0, 0.05) is 23.5 Å². The maximum absolute atomic E-state index is 13.1. The Morgan fingerprint density at radius 3 is 2.40 bits per heavy atom. The molecule has 0 aliphatic heterocycles. The van der Waals surface area contributed by atoms with E-state index in [-0.39, 0.29) is 18.8 Å². The minimum absolute atomic E-state index is 0.0730. The number of para-hydroxylation sites is 1. The molecule has 2 aromatic rings. The van der Waals surface area contributed by atoms with Crippen LogP contribution in [0.15, 0.2) is 30.5 Å². The number of fused-ring (bicyclic) bond motifs is 1. The van der Waals surface area contributed by atoms with Crippen molar-refractivity contribution in [3.63, 3.8) is 0 Å². The van der Waals surface area contributed by atoms with E-state index in [1.54, 1.807) is 13.1 Å². The number of nitrogens with two attached hydrogens (primary N) is 2. The fraction of sp³-hybridized carbons (Fsp3) is 0.435. The molecule has 12 nitrogen and oxygen atoms in total. The lowest BCUT2D eigenvalue weighted by Gasteiger charge is -2.24. The largest absolute Gasteiger partial charge is 0.480 e. The topological polar surface area (TPSA) is 210 Å². The highest BCUT2D eigenvalue weighted by molar-refractivity contribution is 5.94. The van der Waals surface area contributed by atoms with Gasteiger partial charge in [0.05, 0.1) is 19.0 Å². The minimum atomic E-state index is -1.21. The number of carboxylic acid groups (broad SMARTS) is 1. The molecule has 0 aliphatic rings. The molecule has 0 fully saturated rings. The molecular formula is C23H32N6O6. The van der Waals surface area contributed by atoms with E-state index in [1.165, 1.54) is 0 Å². The molecule has 0 spiro atoms. The predicted molar refractivity (Wildman–Crippen MR) is 128 cm³/mol. The number of hydrogen-bond acceptors (Lipinski definition) is 6. The van der Waals surface area contributed by atoms with Gasteiger partial charge in [0.2, 0.25) is 23.6 Å². The SMILES string of the molecule is CCC(C)C(NC(=O)C(Cc1c[nH]c2ccccc12)NC(=O)CNC(=O)C(N)CC(N)=O)C(=O)O. The van der Waals surface area contributed by atoms with Crippen LogP contribution in [0.2, 0.25) is 0 Å². The average Bonchev–Trinajstić information content (AvgIpc) is 3.22. The van der Waals surface area contributed by atoms with Crippen molar-refractivity contribution in [2.75, 3.05) is 6.54 Å². The Bertz CT molecular complexity index is 1080. The molecule has 0 saturated carbocycles. The van der Waals surface area contributed by atoms with Crippen LogP contribution >= 0.6 is 0 Å². The van der Waals surface area contributed by atoms with Crippen LogP contribution in [0, 0.1) is 5.92 Å². The van der Waals surface area contributed by atoms with Crippen molar-refractivity contribution < 1.29 is 29.1 Å². The summed E-state index contributed by atoms with van der Waals surface area (Å²) in [5.74, 6) is -4.40. The van der Waals surface area contributed by atoms with E-state index in [2.05, 4.69) is 20.9 Å². The minimum Gasteiger partial charge on any atom is -0.480 e. The van der Waals surface area contributed by atoms with Gasteiger partial charge in [0.25, 0.3) is 0 Å². The molecule has 0 aliphatic carbocycles. The van der Waals surface area contributed by atoms with Gasteiger partial charge in [-0.15, -0.1) is 0 Å². The van der Waals surface area contributed by atoms with Gasteiger partial charge in [-0.25, -0.2) is 4.79 Å². The smallest absolute Gasteiger partial charge is 0.326 e. The first-order valence-corrected chi connectivity index (χ1v) is 11.2. The first kappa shape index (κ1) is 27.3. The average molecular weight is 489 g/mol. The Morgan fingerprint density at radius 2 is 1.77 bits per heavy atom. The van der Waals surface area contributed by atoms with Gasteiger partial charge in [0.15, 0.2) is 0 Å². The lowest BCUT2D eigenvalue weighted by Crippen LogP contribution is -2.55. The van der Waals surface area contributed by atoms with E-state index in [9.17, 15) is 29.1 Å². The van der Waals surface area contributed by atoms with Crippen LogP contribution in [-0.4, -0.2) is 64.4 Å². The highest BCUT2D eigenvalue weighted by atomic mass is 16.4. The van der Waals surface area contributed by atoms with E-state index < -0.39 is 54.3 Å². The Morgan fingerprint density at radius 1 is 1.09 bits per heavy atom. The first-order valence-electron chi connectivity index (χ1n) is 11.2. The van der Waals surface area contributed by atoms with E-state index in [0.717, 1.165) is 16.5 Å². The number of aromatic amines is 1. The summed E-state index contributed by atoms with van der Waals surface area (Å²) in [7, 11) is 0. The maximum atomic E-state index is 13.1. The summed E-state index contributed by atoms with van der Waals surface area (Å²) in [6.07, 6.45) is 1.92. The number of H-pyrrole nitrogens is 1. The number of primary amides is 1. The predicted octanol–water partition coefficient (Wildman–Crippen LogP) is -0.870. The molecule has 4 amide bonds. The second-order valence-corrected chi connectivity index (χ2v) is 8.39. The number of carbonyl (C=O) groups is 5. The van der Waals surface area contributed by atoms with Crippen LogP contribution in [0.1, 0.15) is 32.3 Å². The number of aliphatic carboxylic acids is 1. The van der Waals surface area contributed by atoms with Crippen LogP contribution in [0.5, 0.6) is 0 Å². The van der Waals surface area contributed by atoms with Gasteiger partial charge >= 0.3 is 5.97 Å². The standard InChI is InChI=1S/C23H32N6O6/c1-3-12(2)20(23(34)35)29-22(33)17(8-13-10-26-16-7-5-4-6-14(13)16)28-19(31)11-27-21(32)15(24)9-18(25)30/h4-7,10,12,15,17,20,26H,3,8-9,11,24H2,1-2H3,(H2,25,30)(H,27,32)(H,28,31)(H,29,33)(H,34,35). The van der Waals surface area contributed by atoms with Crippen LogP contribution in [0.25, 0.3) is 10.9 Å². The van der Waals surface area contributed by atoms with Crippen molar-refractivity contribution >= 4 is 40.5 Å². The Kier molecular flexibility index (Phi) is 9.76. The molecular weight excluding hydrogens is 456 g/mol. The maximum Gasteiger partial charge on any atom is 0.326 e. The molecule has 0 bridgehead atoms. The molecule has 9 N–H and O–H groups in total. The monoisotopic (exact) mass is 488 g/mol. The molecule has 2 rings (SSSR count). The number of amides is 4. The number of carboxylic acids is 1. The summed E-state index contributed by atoms with van der Waals surface area (Å²) >= 11 is 0. The molecule has 0 saturated heterocycles. The highest BCUT2D eigenvalue weighted by Gasteiger charge is 2.30. The van der Waals surface area contributed by atoms with Crippen molar-refractivity contribution in [3.8, 4) is 0 Å². The number of hydrogen-bond donors (Lipinski definition) is 7. The number of aromatic nitrogens is 1. The van der Waals surface area contributed by atoms with Gasteiger partial charge in [-0.2, -0.15) is 0 Å². The van der Waals surface area contributed by atoms with E-state index in [0.29, 0.717) is 6.42 Å². The fourth-order valence-corrected chi connectivity index (χ4v) is 3.52. The van der Waals surface area contributed by atoms with Gasteiger partial charge < -0.3 is 37.5 Å². The molecule has 35 heavy (non-hydrogen) atoms. The van der Waals surface area contributed by atoms with Crippen molar-refractivity contribution in [1.29, 1.82) is 0 Å². The van der Waals surface area contributed by atoms with E-state index in [1.807, 2.05) is 31.2 Å². The number of benzene rings is 1. The van der Waals surface area contributed by atoms with Crippen molar-refractivity contribution in [2.45, 2.75) is 51.2 Å². The van der Waals surface area contributed by atoms with Gasteiger partial charge in [-0.3, -0.25) is 19.2 Å². The highest BCUT2D eigenvalue weighted by Crippen LogP contribution is 2.19. The second-order valence-electron chi connectivity index (χ2n) is 8.39. The number of carbonyl (C=O) groups excluding carboxylic acids is 4. The Labute approximate surface area is 202 Å². The van der Waals surface area contributed by atoms with Gasteiger partial charge in [-0.1, -0.05) is 38.5 Å². The third-order valence-electron chi connectivity index (χ3n) is 5.71. The summed E-state index contributed by atoms with van der Waals surface area (Å²) in [5.41, 5.74) is 12.1. The second kappa shape index (κ2) is 12.5. The summed E-state index contributed by atoms with van der Waals surface area (Å²) in [6.45, 7) is 3.01. The third kappa shape index (κ3) is 7.81. The van der Waals surface area contributed by atoms with Gasteiger partial charge in [-0.05, 0) is 17.5 Å². The first-order chi connectivity index (χ1) is 16.5. The molecule has 0 radical (unpaired) electrons. The fourth-order valence-electron chi connectivity index (χ4n) is 3.52. The molecule has 4 unspecified atom stereocenters. The van der Waals surface area contributed by atoms with Crippen LogP contribution in [-0.2, 0) is 30.4 Å². The third-order valence-corrected chi connectivity index (χ3v) is 5.71. The Hall–Kier alpha value is -3.93. The van der Waals surface area contributed by atoms with Crippen LogP contribution in [0.3, 0.4) is 0 Å². The molecule has 4 atom stereocenters.